The Morgan fingerprint density at radius 1 is 1.10 bits per heavy atom. The van der Waals surface area contributed by atoms with Gasteiger partial charge in [0.1, 0.15) is 0 Å². The number of rotatable bonds is 6. The van der Waals surface area contributed by atoms with Crippen molar-refractivity contribution in [2.45, 2.75) is 70.5 Å². The predicted octanol–water partition coefficient (Wildman–Crippen LogP) is 4.58. The summed E-state index contributed by atoms with van der Waals surface area (Å²) in [5.74, 6) is 0.671. The van der Waals surface area contributed by atoms with Crippen LogP contribution in [-0.4, -0.2) is 17.8 Å². The molecule has 0 spiro atoms. The smallest absolute Gasteiger partial charge is 0.0787 e. The highest BCUT2D eigenvalue weighted by Gasteiger charge is 2.22. The zero-order valence-corrected chi connectivity index (χ0v) is 12.8. The molecule has 1 aromatic rings. The zero-order valence-electron chi connectivity index (χ0n) is 12.8. The third-order valence-electron chi connectivity index (χ3n) is 4.41. The number of ether oxygens (including phenoxy) is 1. The van der Waals surface area contributed by atoms with Crippen molar-refractivity contribution in [3.63, 3.8) is 0 Å². The molecule has 1 aromatic carbocycles. The molecule has 0 bridgehead atoms. The van der Waals surface area contributed by atoms with E-state index in [-0.39, 0.29) is 6.10 Å². The van der Waals surface area contributed by atoms with E-state index >= 15 is 0 Å². The Balaban J connectivity index is 1.87. The predicted molar refractivity (Wildman–Crippen MR) is 82.9 cm³/mol. The summed E-state index contributed by atoms with van der Waals surface area (Å²) in [6.45, 7) is 5.08. The zero-order chi connectivity index (χ0) is 14.4. The van der Waals surface area contributed by atoms with Gasteiger partial charge in [0.2, 0.25) is 0 Å². The van der Waals surface area contributed by atoms with Crippen molar-refractivity contribution in [3.05, 3.63) is 35.4 Å². The van der Waals surface area contributed by atoms with Gasteiger partial charge >= 0.3 is 0 Å². The molecule has 20 heavy (non-hydrogen) atoms. The number of benzene rings is 1. The molecule has 1 saturated carbocycles. The molecular formula is C18H28O2. The lowest BCUT2D eigenvalue weighted by Crippen LogP contribution is -2.21. The van der Waals surface area contributed by atoms with Crippen molar-refractivity contribution in [1.82, 2.24) is 0 Å². The van der Waals surface area contributed by atoms with Crippen LogP contribution in [0.1, 0.15) is 75.5 Å². The molecule has 0 radical (unpaired) electrons. The quantitative estimate of drug-likeness (QED) is 0.824. The van der Waals surface area contributed by atoms with Crippen molar-refractivity contribution in [1.29, 1.82) is 0 Å². The Morgan fingerprint density at radius 2 is 1.75 bits per heavy atom. The second-order valence-electron chi connectivity index (χ2n) is 5.94. The minimum Gasteiger partial charge on any atom is -0.388 e. The maximum absolute atomic E-state index is 9.83. The van der Waals surface area contributed by atoms with Gasteiger partial charge < -0.3 is 9.84 Å². The van der Waals surface area contributed by atoms with Gasteiger partial charge in [-0.2, -0.15) is 0 Å². The van der Waals surface area contributed by atoms with Gasteiger partial charge in [0, 0.05) is 6.61 Å². The molecule has 112 valence electrons. The van der Waals surface area contributed by atoms with E-state index in [9.17, 15) is 5.11 Å². The first-order valence-electron chi connectivity index (χ1n) is 8.14. The molecule has 0 amide bonds. The molecule has 1 aliphatic rings. The maximum atomic E-state index is 9.83. The Kier molecular flexibility index (Phi) is 6.06. The summed E-state index contributed by atoms with van der Waals surface area (Å²) in [5.41, 5.74) is 2.46. The van der Waals surface area contributed by atoms with Crippen LogP contribution in [-0.2, 0) is 4.74 Å². The lowest BCUT2D eigenvalue weighted by Gasteiger charge is -2.29. The second kappa shape index (κ2) is 7.80. The first kappa shape index (κ1) is 15.5. The summed E-state index contributed by atoms with van der Waals surface area (Å²) in [4.78, 5) is 0. The van der Waals surface area contributed by atoms with Gasteiger partial charge in [0.05, 0.1) is 12.2 Å². The van der Waals surface area contributed by atoms with E-state index in [0.717, 1.165) is 25.0 Å². The van der Waals surface area contributed by atoms with E-state index in [1.54, 1.807) is 0 Å². The molecule has 0 saturated heterocycles. The van der Waals surface area contributed by atoms with Crippen LogP contribution in [0.5, 0.6) is 0 Å². The molecule has 2 nitrogen and oxygen atoms in total. The van der Waals surface area contributed by atoms with Crippen molar-refractivity contribution < 1.29 is 9.84 Å². The molecule has 1 atom stereocenters. The summed E-state index contributed by atoms with van der Waals surface area (Å²) >= 11 is 0. The van der Waals surface area contributed by atoms with Crippen molar-refractivity contribution in [2.75, 3.05) is 6.61 Å². The Hall–Kier alpha value is -0.860. The lowest BCUT2D eigenvalue weighted by molar-refractivity contribution is 0.0251. The van der Waals surface area contributed by atoms with Gasteiger partial charge in [-0.1, -0.05) is 38.1 Å². The van der Waals surface area contributed by atoms with Gasteiger partial charge in [-0.3, -0.25) is 0 Å². The molecule has 1 fully saturated rings. The van der Waals surface area contributed by atoms with Crippen LogP contribution < -0.4 is 0 Å². The van der Waals surface area contributed by atoms with Gasteiger partial charge in [-0.25, -0.2) is 0 Å². The van der Waals surface area contributed by atoms with Crippen molar-refractivity contribution in [2.24, 2.45) is 0 Å². The fourth-order valence-electron chi connectivity index (χ4n) is 3.07. The summed E-state index contributed by atoms with van der Waals surface area (Å²) in [6.07, 6.45) is 6.87. The summed E-state index contributed by atoms with van der Waals surface area (Å²) in [7, 11) is 0. The van der Waals surface area contributed by atoms with E-state index in [1.807, 2.05) is 6.92 Å². The normalized spacial score (nSPS) is 24.6. The SMILES string of the molecule is CCCOC1CCC(c2ccc(C(O)CC)cc2)CC1. The largest absolute Gasteiger partial charge is 0.388 e. The van der Waals surface area contributed by atoms with Crippen LogP contribution in [0, 0.1) is 0 Å². The molecule has 0 aliphatic heterocycles. The Morgan fingerprint density at radius 3 is 2.30 bits per heavy atom. The average Bonchev–Trinajstić information content (AvgIpc) is 2.53. The molecule has 1 aliphatic carbocycles. The molecular weight excluding hydrogens is 248 g/mol. The molecule has 2 rings (SSSR count). The molecule has 2 heteroatoms. The second-order valence-corrected chi connectivity index (χ2v) is 5.94. The third-order valence-corrected chi connectivity index (χ3v) is 4.41. The van der Waals surface area contributed by atoms with Crippen molar-refractivity contribution >= 4 is 0 Å². The summed E-state index contributed by atoms with van der Waals surface area (Å²) < 4.78 is 5.85. The van der Waals surface area contributed by atoms with Crippen LogP contribution in [0.4, 0.5) is 0 Å². The maximum Gasteiger partial charge on any atom is 0.0787 e. The minimum atomic E-state index is -0.317. The number of hydrogen-bond donors (Lipinski definition) is 1. The lowest BCUT2D eigenvalue weighted by atomic mass is 9.82. The monoisotopic (exact) mass is 276 g/mol. The topological polar surface area (TPSA) is 29.5 Å². The van der Waals surface area contributed by atoms with Gasteiger partial charge in [-0.15, -0.1) is 0 Å². The van der Waals surface area contributed by atoms with Crippen LogP contribution >= 0.6 is 0 Å². The first-order chi connectivity index (χ1) is 9.74. The van der Waals surface area contributed by atoms with Crippen LogP contribution in [0.3, 0.4) is 0 Å². The average molecular weight is 276 g/mol. The molecule has 1 unspecified atom stereocenters. The summed E-state index contributed by atoms with van der Waals surface area (Å²) in [5, 5.41) is 9.83. The highest BCUT2D eigenvalue weighted by atomic mass is 16.5. The van der Waals surface area contributed by atoms with E-state index < -0.39 is 0 Å². The van der Waals surface area contributed by atoms with Gasteiger partial charge in [0.25, 0.3) is 0 Å². The van der Waals surface area contributed by atoms with E-state index in [1.165, 1.54) is 31.2 Å². The van der Waals surface area contributed by atoms with Crippen LogP contribution in [0.2, 0.25) is 0 Å². The highest BCUT2D eigenvalue weighted by molar-refractivity contribution is 5.27. The van der Waals surface area contributed by atoms with Gasteiger partial charge in [-0.05, 0) is 55.6 Å². The van der Waals surface area contributed by atoms with Crippen molar-refractivity contribution in [3.8, 4) is 0 Å². The van der Waals surface area contributed by atoms with E-state index in [0.29, 0.717) is 12.0 Å². The van der Waals surface area contributed by atoms with Gasteiger partial charge in [0.15, 0.2) is 0 Å². The Bertz CT molecular complexity index is 377. The third kappa shape index (κ3) is 4.07. The fraction of sp³-hybridized carbons (Fsp3) is 0.667. The van der Waals surface area contributed by atoms with E-state index in [2.05, 4.69) is 31.2 Å². The van der Waals surface area contributed by atoms with Crippen LogP contribution in [0.15, 0.2) is 24.3 Å². The van der Waals surface area contributed by atoms with E-state index in [4.69, 9.17) is 4.74 Å². The number of hydrogen-bond acceptors (Lipinski definition) is 2. The standard InChI is InChI=1S/C18H28O2/c1-3-13-20-17-11-9-15(10-12-17)14-5-7-16(8-6-14)18(19)4-2/h5-8,15,17-19H,3-4,9-13H2,1-2H3. The number of aliphatic hydroxyl groups is 1. The summed E-state index contributed by atoms with van der Waals surface area (Å²) in [6, 6.07) is 8.57. The number of aliphatic hydroxyl groups excluding tert-OH is 1. The Labute approximate surface area is 123 Å². The highest BCUT2D eigenvalue weighted by Crippen LogP contribution is 2.34. The molecule has 1 N–H and O–H groups in total. The minimum absolute atomic E-state index is 0.317. The fourth-order valence-corrected chi connectivity index (χ4v) is 3.07. The molecule has 0 aromatic heterocycles. The molecule has 0 heterocycles. The van der Waals surface area contributed by atoms with Crippen LogP contribution in [0.25, 0.3) is 0 Å². The first-order valence-corrected chi connectivity index (χ1v) is 8.14.